The Morgan fingerprint density at radius 3 is 2.62 bits per heavy atom. The first-order valence-corrected chi connectivity index (χ1v) is 8.14. The van der Waals surface area contributed by atoms with Gasteiger partial charge >= 0.3 is 0 Å². The Hall–Kier alpha value is -3.32. The predicted molar refractivity (Wildman–Crippen MR) is 97.8 cm³/mol. The largest absolute Gasteiger partial charge is 0.497 e. The SMILES string of the molecule is COc1ccc(Nc2nc(CN)cc(-c3ccc4c(c3)OCO4)n2)cc1. The summed E-state index contributed by atoms with van der Waals surface area (Å²) in [7, 11) is 1.63. The number of nitrogens with one attached hydrogen (secondary N) is 1. The molecule has 7 heteroatoms. The summed E-state index contributed by atoms with van der Waals surface area (Å²) >= 11 is 0. The maximum atomic E-state index is 5.81. The summed E-state index contributed by atoms with van der Waals surface area (Å²) in [6.45, 7) is 0.554. The normalized spacial score (nSPS) is 12.1. The molecule has 2 aromatic carbocycles. The summed E-state index contributed by atoms with van der Waals surface area (Å²) < 4.78 is 16.0. The summed E-state index contributed by atoms with van der Waals surface area (Å²) in [6.07, 6.45) is 0. The number of methoxy groups -OCH3 is 1. The maximum absolute atomic E-state index is 5.81. The molecule has 132 valence electrons. The van der Waals surface area contributed by atoms with E-state index in [2.05, 4.69) is 15.3 Å². The van der Waals surface area contributed by atoms with Crippen LogP contribution in [0.5, 0.6) is 17.2 Å². The summed E-state index contributed by atoms with van der Waals surface area (Å²) in [5.41, 5.74) is 9.07. The molecule has 1 aromatic heterocycles. The molecule has 3 N–H and O–H groups in total. The van der Waals surface area contributed by atoms with Gasteiger partial charge in [-0.25, -0.2) is 9.97 Å². The van der Waals surface area contributed by atoms with Crippen molar-refractivity contribution in [2.75, 3.05) is 19.2 Å². The second kappa shape index (κ2) is 6.89. The fraction of sp³-hybridized carbons (Fsp3) is 0.158. The van der Waals surface area contributed by atoms with Crippen LogP contribution < -0.4 is 25.3 Å². The minimum Gasteiger partial charge on any atom is -0.497 e. The lowest BCUT2D eigenvalue weighted by atomic mass is 10.1. The first-order valence-electron chi connectivity index (χ1n) is 8.14. The second-order valence-corrected chi connectivity index (χ2v) is 5.69. The van der Waals surface area contributed by atoms with Crippen LogP contribution in [0.25, 0.3) is 11.3 Å². The number of anilines is 2. The molecule has 0 fully saturated rings. The van der Waals surface area contributed by atoms with Crippen LogP contribution in [0.15, 0.2) is 48.5 Å². The van der Waals surface area contributed by atoms with E-state index in [4.69, 9.17) is 19.9 Å². The van der Waals surface area contributed by atoms with E-state index in [1.165, 1.54) is 0 Å². The Kier molecular flexibility index (Phi) is 4.28. The van der Waals surface area contributed by atoms with Crippen LogP contribution in [0.1, 0.15) is 5.69 Å². The molecule has 0 bridgehead atoms. The van der Waals surface area contributed by atoms with E-state index in [-0.39, 0.29) is 6.79 Å². The van der Waals surface area contributed by atoms with Crippen molar-refractivity contribution in [1.82, 2.24) is 9.97 Å². The van der Waals surface area contributed by atoms with Crippen LogP contribution in [-0.4, -0.2) is 23.9 Å². The summed E-state index contributed by atoms with van der Waals surface area (Å²) in [4.78, 5) is 9.06. The predicted octanol–water partition coefficient (Wildman–Crippen LogP) is 3.08. The Balaban J connectivity index is 1.66. The van der Waals surface area contributed by atoms with Crippen molar-refractivity contribution in [3.63, 3.8) is 0 Å². The minimum atomic E-state index is 0.237. The number of aromatic nitrogens is 2. The van der Waals surface area contributed by atoms with Gasteiger partial charge in [0.15, 0.2) is 11.5 Å². The Labute approximate surface area is 150 Å². The van der Waals surface area contributed by atoms with Gasteiger partial charge in [0.05, 0.1) is 18.5 Å². The first kappa shape index (κ1) is 16.2. The van der Waals surface area contributed by atoms with Crippen molar-refractivity contribution in [3.8, 4) is 28.5 Å². The number of rotatable bonds is 5. The number of hydrogen-bond donors (Lipinski definition) is 2. The number of benzene rings is 2. The molecule has 0 spiro atoms. The lowest BCUT2D eigenvalue weighted by molar-refractivity contribution is 0.174. The molecule has 0 aliphatic carbocycles. The Bertz CT molecular complexity index is 929. The van der Waals surface area contributed by atoms with Gasteiger partial charge in [-0.3, -0.25) is 0 Å². The third-order valence-electron chi connectivity index (χ3n) is 4.00. The topological polar surface area (TPSA) is 91.5 Å². The zero-order chi connectivity index (χ0) is 17.9. The van der Waals surface area contributed by atoms with Crippen molar-refractivity contribution in [2.24, 2.45) is 5.73 Å². The molecule has 1 aliphatic rings. The zero-order valence-corrected chi connectivity index (χ0v) is 14.2. The molecular formula is C19H18N4O3. The maximum Gasteiger partial charge on any atom is 0.231 e. The van der Waals surface area contributed by atoms with E-state index >= 15 is 0 Å². The van der Waals surface area contributed by atoms with Gasteiger partial charge in [0, 0.05) is 17.8 Å². The van der Waals surface area contributed by atoms with E-state index in [9.17, 15) is 0 Å². The number of nitrogens with two attached hydrogens (primary N) is 1. The fourth-order valence-electron chi connectivity index (χ4n) is 2.67. The van der Waals surface area contributed by atoms with Gasteiger partial charge in [0.1, 0.15) is 5.75 Å². The van der Waals surface area contributed by atoms with Gasteiger partial charge in [0.25, 0.3) is 0 Å². The van der Waals surface area contributed by atoms with Crippen molar-refractivity contribution >= 4 is 11.6 Å². The van der Waals surface area contributed by atoms with Crippen molar-refractivity contribution in [2.45, 2.75) is 6.54 Å². The van der Waals surface area contributed by atoms with Crippen LogP contribution in [-0.2, 0) is 6.54 Å². The zero-order valence-electron chi connectivity index (χ0n) is 14.2. The molecule has 0 unspecified atom stereocenters. The third-order valence-corrected chi connectivity index (χ3v) is 4.00. The van der Waals surface area contributed by atoms with E-state index in [0.717, 1.165) is 34.1 Å². The highest BCUT2D eigenvalue weighted by atomic mass is 16.7. The standard InChI is InChI=1S/C19H18N4O3/c1-24-15-5-3-13(4-6-15)21-19-22-14(10-20)9-16(23-19)12-2-7-17-18(8-12)26-11-25-17/h2-9H,10-11,20H2,1H3,(H,21,22,23). The third kappa shape index (κ3) is 3.25. The Morgan fingerprint density at radius 2 is 1.85 bits per heavy atom. The first-order chi connectivity index (χ1) is 12.7. The van der Waals surface area contributed by atoms with Gasteiger partial charge in [0.2, 0.25) is 12.7 Å². The number of nitrogens with zero attached hydrogens (tertiary/aromatic N) is 2. The van der Waals surface area contributed by atoms with Crippen molar-refractivity contribution < 1.29 is 14.2 Å². The molecule has 0 saturated carbocycles. The fourth-order valence-corrected chi connectivity index (χ4v) is 2.67. The molecule has 0 amide bonds. The highest BCUT2D eigenvalue weighted by Crippen LogP contribution is 2.35. The molecule has 2 heterocycles. The van der Waals surface area contributed by atoms with Crippen LogP contribution in [0.3, 0.4) is 0 Å². The smallest absolute Gasteiger partial charge is 0.231 e. The van der Waals surface area contributed by atoms with Crippen LogP contribution >= 0.6 is 0 Å². The molecule has 0 radical (unpaired) electrons. The second-order valence-electron chi connectivity index (χ2n) is 5.69. The Morgan fingerprint density at radius 1 is 1.04 bits per heavy atom. The quantitative estimate of drug-likeness (QED) is 0.730. The van der Waals surface area contributed by atoms with E-state index in [1.54, 1.807) is 7.11 Å². The molecular weight excluding hydrogens is 332 g/mol. The summed E-state index contributed by atoms with van der Waals surface area (Å²) in [5.74, 6) is 2.71. The molecule has 7 nitrogen and oxygen atoms in total. The summed E-state index contributed by atoms with van der Waals surface area (Å²) in [5, 5.41) is 3.20. The molecule has 0 atom stereocenters. The van der Waals surface area contributed by atoms with Gasteiger partial charge in [-0.05, 0) is 48.5 Å². The van der Waals surface area contributed by atoms with E-state index < -0.39 is 0 Å². The van der Waals surface area contributed by atoms with Gasteiger partial charge in [-0.1, -0.05) is 0 Å². The molecule has 1 aliphatic heterocycles. The minimum absolute atomic E-state index is 0.237. The average Bonchev–Trinajstić information content (AvgIpc) is 3.16. The van der Waals surface area contributed by atoms with Crippen LogP contribution in [0, 0.1) is 0 Å². The molecule has 0 saturated heterocycles. The number of hydrogen-bond acceptors (Lipinski definition) is 7. The van der Waals surface area contributed by atoms with Crippen LogP contribution in [0.2, 0.25) is 0 Å². The van der Waals surface area contributed by atoms with Crippen LogP contribution in [0.4, 0.5) is 11.6 Å². The van der Waals surface area contributed by atoms with Crippen molar-refractivity contribution in [3.05, 3.63) is 54.2 Å². The number of ether oxygens (including phenoxy) is 3. The van der Waals surface area contributed by atoms with Gasteiger partial charge in [-0.2, -0.15) is 0 Å². The lowest BCUT2D eigenvalue weighted by Gasteiger charge is -2.10. The molecule has 26 heavy (non-hydrogen) atoms. The van der Waals surface area contributed by atoms with Gasteiger partial charge in [-0.15, -0.1) is 0 Å². The van der Waals surface area contributed by atoms with Gasteiger partial charge < -0.3 is 25.3 Å². The summed E-state index contributed by atoms with van der Waals surface area (Å²) in [6, 6.07) is 15.1. The van der Waals surface area contributed by atoms with Crippen molar-refractivity contribution in [1.29, 1.82) is 0 Å². The highest BCUT2D eigenvalue weighted by molar-refractivity contribution is 5.66. The molecule has 4 rings (SSSR count). The number of fused-ring (bicyclic) bond motifs is 1. The molecule has 3 aromatic rings. The highest BCUT2D eigenvalue weighted by Gasteiger charge is 2.15. The average molecular weight is 350 g/mol. The monoisotopic (exact) mass is 350 g/mol. The van der Waals surface area contributed by atoms with E-state index in [1.807, 2.05) is 48.5 Å². The lowest BCUT2D eigenvalue weighted by Crippen LogP contribution is -2.05. The van der Waals surface area contributed by atoms with E-state index in [0.29, 0.717) is 18.2 Å².